The summed E-state index contributed by atoms with van der Waals surface area (Å²) >= 11 is 0. The van der Waals surface area contributed by atoms with Gasteiger partial charge < -0.3 is 26.0 Å². The van der Waals surface area contributed by atoms with Crippen LogP contribution in [-0.4, -0.2) is 53.4 Å². The van der Waals surface area contributed by atoms with Crippen LogP contribution in [0, 0.1) is 5.41 Å². The van der Waals surface area contributed by atoms with E-state index in [-0.39, 0.29) is 23.4 Å². The summed E-state index contributed by atoms with van der Waals surface area (Å²) < 4.78 is 6.63. The van der Waals surface area contributed by atoms with Crippen molar-refractivity contribution in [2.45, 2.75) is 19.9 Å². The number of ether oxygens (including phenoxy) is 1. The molecule has 4 rings (SSSR count). The average Bonchev–Trinajstić information content (AvgIpc) is 3.24. The first kappa shape index (κ1) is 26.4. The van der Waals surface area contributed by atoms with Crippen molar-refractivity contribution in [3.63, 3.8) is 0 Å². The second-order valence-electron chi connectivity index (χ2n) is 7.56. The molecule has 0 saturated heterocycles. The van der Waals surface area contributed by atoms with E-state index in [1.807, 2.05) is 6.92 Å². The Morgan fingerprint density at radius 1 is 1.22 bits per heavy atom. The van der Waals surface area contributed by atoms with E-state index in [1.54, 1.807) is 42.5 Å². The summed E-state index contributed by atoms with van der Waals surface area (Å²) in [5.41, 5.74) is 6.88. The number of rotatable bonds is 8. The number of phenols is 1. The molecular formula is C24H26N8O5. The van der Waals surface area contributed by atoms with Gasteiger partial charge in [-0.05, 0) is 55.0 Å². The van der Waals surface area contributed by atoms with Gasteiger partial charge in [0.25, 0.3) is 11.9 Å². The van der Waals surface area contributed by atoms with Crippen molar-refractivity contribution in [1.29, 1.82) is 5.41 Å². The number of aromatic hydroxyl groups is 1. The van der Waals surface area contributed by atoms with Crippen LogP contribution in [-0.2, 0) is 4.79 Å². The lowest BCUT2D eigenvalue weighted by Gasteiger charge is -2.19. The standard InChI is InChI=1S/C22H22N8O3.C2H4O2/c1-2-33-17-11-14(10-16(31)12-17)18(27-15-6-4-13(5-7-15)19(23)24)20-28-22(32)30(29-20)21-25-8-3-9-26-21;1-2(3)4/h3-12,18,27,31H,2H2,1H3,(H3,23,24)(H,28,29,32);1H3,(H,3,4). The summed E-state index contributed by atoms with van der Waals surface area (Å²) in [6.07, 6.45) is 3.03. The molecule has 1 atom stereocenters. The average molecular weight is 507 g/mol. The number of phenolic OH excluding ortho intramolecular Hbond substituents is 1. The Morgan fingerprint density at radius 2 is 1.86 bits per heavy atom. The van der Waals surface area contributed by atoms with Gasteiger partial charge in [0.2, 0.25) is 0 Å². The zero-order valence-electron chi connectivity index (χ0n) is 20.0. The first-order valence-corrected chi connectivity index (χ1v) is 11.0. The maximum absolute atomic E-state index is 12.6. The lowest BCUT2D eigenvalue weighted by Crippen LogP contribution is -2.18. The lowest BCUT2D eigenvalue weighted by atomic mass is 10.0. The van der Waals surface area contributed by atoms with Gasteiger partial charge >= 0.3 is 5.69 Å². The second-order valence-corrected chi connectivity index (χ2v) is 7.56. The van der Waals surface area contributed by atoms with Crippen molar-refractivity contribution in [2.24, 2.45) is 5.73 Å². The van der Waals surface area contributed by atoms with E-state index in [0.29, 0.717) is 29.2 Å². The van der Waals surface area contributed by atoms with Gasteiger partial charge in [0.05, 0.1) is 6.61 Å². The Bertz CT molecular complexity index is 1410. The number of aromatic nitrogens is 5. The Hall–Kier alpha value is -5.20. The zero-order valence-corrected chi connectivity index (χ0v) is 20.0. The minimum atomic E-state index is -0.833. The van der Waals surface area contributed by atoms with Crippen LogP contribution < -0.4 is 21.5 Å². The molecule has 0 bridgehead atoms. The third-order valence-corrected chi connectivity index (χ3v) is 4.71. The van der Waals surface area contributed by atoms with Crippen LogP contribution in [0.15, 0.2) is 65.7 Å². The number of carboxylic acid groups (broad SMARTS) is 1. The molecule has 13 heteroatoms. The minimum absolute atomic E-state index is 0.00264. The predicted octanol–water partition coefficient (Wildman–Crippen LogP) is 2.03. The van der Waals surface area contributed by atoms with E-state index < -0.39 is 17.7 Å². The summed E-state index contributed by atoms with van der Waals surface area (Å²) in [6.45, 7) is 3.35. The molecule has 1 unspecified atom stereocenters. The monoisotopic (exact) mass is 506 g/mol. The molecule has 0 aliphatic rings. The Balaban J connectivity index is 0.000000886. The fourth-order valence-electron chi connectivity index (χ4n) is 3.25. The molecule has 2 aromatic heterocycles. The van der Waals surface area contributed by atoms with Gasteiger partial charge in [-0.15, -0.1) is 9.78 Å². The highest BCUT2D eigenvalue weighted by Crippen LogP contribution is 2.31. The van der Waals surface area contributed by atoms with Gasteiger partial charge in [0.15, 0.2) is 5.82 Å². The molecule has 7 N–H and O–H groups in total. The lowest BCUT2D eigenvalue weighted by molar-refractivity contribution is -0.134. The van der Waals surface area contributed by atoms with Gasteiger partial charge in [-0.2, -0.15) is 0 Å². The normalized spacial score (nSPS) is 11.1. The number of aliphatic carboxylic acids is 1. The number of carboxylic acids is 1. The number of nitrogens with two attached hydrogens (primary N) is 1. The molecule has 0 radical (unpaired) electrons. The third-order valence-electron chi connectivity index (χ3n) is 4.71. The summed E-state index contributed by atoms with van der Waals surface area (Å²) in [5.74, 6) is -0.00255. The highest BCUT2D eigenvalue weighted by atomic mass is 16.5. The van der Waals surface area contributed by atoms with Crippen LogP contribution in [0.3, 0.4) is 0 Å². The number of nitrogens with zero attached hydrogens (tertiary/aromatic N) is 4. The van der Waals surface area contributed by atoms with E-state index in [2.05, 4.69) is 25.4 Å². The second kappa shape index (κ2) is 12.0. The number of anilines is 1. The van der Waals surface area contributed by atoms with Gasteiger partial charge in [-0.3, -0.25) is 15.2 Å². The minimum Gasteiger partial charge on any atom is -0.508 e. The summed E-state index contributed by atoms with van der Waals surface area (Å²) in [7, 11) is 0. The molecule has 0 aliphatic carbocycles. The molecule has 0 aliphatic heterocycles. The number of nitrogen functional groups attached to an aromatic ring is 1. The quantitative estimate of drug-likeness (QED) is 0.151. The zero-order chi connectivity index (χ0) is 26.9. The summed E-state index contributed by atoms with van der Waals surface area (Å²) in [5, 5.41) is 32.9. The number of hydrogen-bond donors (Lipinski definition) is 6. The summed E-state index contributed by atoms with van der Waals surface area (Å²) in [6, 6.07) is 12.7. The molecule has 0 amide bonds. The molecule has 2 aromatic carbocycles. The van der Waals surface area contributed by atoms with Crippen molar-refractivity contribution in [2.75, 3.05) is 11.9 Å². The molecule has 13 nitrogen and oxygen atoms in total. The highest BCUT2D eigenvalue weighted by Gasteiger charge is 2.22. The number of carbonyl (C=O) groups is 1. The largest absolute Gasteiger partial charge is 0.508 e. The molecular weight excluding hydrogens is 480 g/mol. The van der Waals surface area contributed by atoms with Gasteiger partial charge in [-0.1, -0.05) is 0 Å². The van der Waals surface area contributed by atoms with Crippen LogP contribution in [0.2, 0.25) is 0 Å². The number of amidine groups is 1. The highest BCUT2D eigenvalue weighted by molar-refractivity contribution is 5.95. The van der Waals surface area contributed by atoms with Crippen molar-refractivity contribution in [1.82, 2.24) is 24.7 Å². The Morgan fingerprint density at radius 3 is 2.46 bits per heavy atom. The van der Waals surface area contributed by atoms with E-state index in [4.69, 9.17) is 25.8 Å². The van der Waals surface area contributed by atoms with Crippen LogP contribution in [0.5, 0.6) is 11.5 Å². The fraction of sp³-hybridized carbons (Fsp3) is 0.167. The molecule has 0 fully saturated rings. The van der Waals surface area contributed by atoms with Crippen LogP contribution in [0.25, 0.3) is 5.95 Å². The number of H-pyrrole nitrogens is 1. The third kappa shape index (κ3) is 7.14. The SMILES string of the molecule is CC(=O)O.CCOc1cc(O)cc(C(Nc2ccc(C(=N)N)cc2)c2nn(-c3ncccn3)c(=O)[nH]2)c1. The molecule has 0 spiro atoms. The predicted molar refractivity (Wildman–Crippen MR) is 135 cm³/mol. The van der Waals surface area contributed by atoms with Crippen molar-refractivity contribution in [3.05, 3.63) is 88.4 Å². The van der Waals surface area contributed by atoms with E-state index in [9.17, 15) is 9.90 Å². The number of hydrogen-bond acceptors (Lipinski definition) is 9. The Labute approximate surface area is 211 Å². The van der Waals surface area contributed by atoms with Gasteiger partial charge in [0, 0.05) is 36.6 Å². The van der Waals surface area contributed by atoms with Gasteiger partial charge in [0.1, 0.15) is 23.4 Å². The molecule has 4 aromatic rings. The number of aromatic amines is 1. The molecule has 2 heterocycles. The number of benzene rings is 2. The first-order chi connectivity index (χ1) is 17.7. The van der Waals surface area contributed by atoms with E-state index >= 15 is 0 Å². The summed E-state index contributed by atoms with van der Waals surface area (Å²) in [4.78, 5) is 32.5. The van der Waals surface area contributed by atoms with E-state index in [0.717, 1.165) is 11.6 Å². The Kier molecular flexibility index (Phi) is 8.54. The smallest absolute Gasteiger partial charge is 0.350 e. The van der Waals surface area contributed by atoms with Crippen LogP contribution in [0.1, 0.15) is 36.8 Å². The topological polar surface area (TPSA) is 205 Å². The van der Waals surface area contributed by atoms with E-state index in [1.165, 1.54) is 18.5 Å². The van der Waals surface area contributed by atoms with Crippen molar-refractivity contribution in [3.8, 4) is 17.4 Å². The first-order valence-electron chi connectivity index (χ1n) is 11.0. The number of nitrogens with one attached hydrogen (secondary N) is 3. The van der Waals surface area contributed by atoms with Crippen LogP contribution in [0.4, 0.5) is 5.69 Å². The maximum Gasteiger partial charge on any atom is 0.350 e. The van der Waals surface area contributed by atoms with Crippen LogP contribution >= 0.6 is 0 Å². The van der Waals surface area contributed by atoms with Crippen molar-refractivity contribution < 1.29 is 19.7 Å². The maximum atomic E-state index is 12.6. The molecule has 192 valence electrons. The molecule has 37 heavy (non-hydrogen) atoms. The fourth-order valence-corrected chi connectivity index (χ4v) is 3.25. The van der Waals surface area contributed by atoms with Crippen molar-refractivity contribution >= 4 is 17.5 Å². The van der Waals surface area contributed by atoms with Gasteiger partial charge in [-0.25, -0.2) is 14.8 Å². The molecule has 0 saturated carbocycles.